The van der Waals surface area contributed by atoms with Crippen molar-refractivity contribution in [1.82, 2.24) is 10.3 Å². The van der Waals surface area contributed by atoms with Crippen molar-refractivity contribution >= 4 is 11.9 Å². The van der Waals surface area contributed by atoms with Crippen molar-refractivity contribution in [2.75, 3.05) is 0 Å². The molecule has 0 radical (unpaired) electrons. The van der Waals surface area contributed by atoms with Gasteiger partial charge in [0.1, 0.15) is 5.69 Å². The highest BCUT2D eigenvalue weighted by Crippen LogP contribution is 2.11. The Morgan fingerprint density at radius 3 is 2.50 bits per heavy atom. The molecule has 1 rings (SSSR count). The van der Waals surface area contributed by atoms with E-state index in [1.807, 2.05) is 20.8 Å². The molecule has 18 heavy (non-hydrogen) atoms. The summed E-state index contributed by atoms with van der Waals surface area (Å²) < 4.78 is 0. The van der Waals surface area contributed by atoms with Gasteiger partial charge in [-0.15, -0.1) is 0 Å². The Labute approximate surface area is 106 Å². The number of hydrogen-bond donors (Lipinski definition) is 2. The summed E-state index contributed by atoms with van der Waals surface area (Å²) in [6, 6.07) is 2.79. The summed E-state index contributed by atoms with van der Waals surface area (Å²) in [6.45, 7) is 5.94. The molecule has 0 aliphatic rings. The summed E-state index contributed by atoms with van der Waals surface area (Å²) in [7, 11) is 0. The highest BCUT2D eigenvalue weighted by Gasteiger charge is 2.20. The summed E-state index contributed by atoms with van der Waals surface area (Å²) >= 11 is 0. The van der Waals surface area contributed by atoms with Crippen LogP contribution in [0, 0.1) is 0 Å². The predicted molar refractivity (Wildman–Crippen MR) is 67.6 cm³/mol. The first-order chi connectivity index (χ1) is 8.35. The van der Waals surface area contributed by atoms with Crippen LogP contribution < -0.4 is 5.32 Å². The van der Waals surface area contributed by atoms with Gasteiger partial charge in [-0.25, -0.2) is 4.79 Å². The number of aromatic carboxylic acids is 1. The molecule has 1 aromatic rings. The number of rotatable bonds is 5. The molecule has 0 spiro atoms. The highest BCUT2D eigenvalue weighted by molar-refractivity contribution is 5.94. The zero-order chi connectivity index (χ0) is 13.8. The lowest BCUT2D eigenvalue weighted by atomic mass is 9.99. The number of carboxylic acid groups (broad SMARTS) is 1. The van der Waals surface area contributed by atoms with Gasteiger partial charge in [-0.1, -0.05) is 13.3 Å². The SMILES string of the molecule is CCCC(C)(C)NC(=O)c1ccc(C(=O)O)cn1. The van der Waals surface area contributed by atoms with E-state index in [2.05, 4.69) is 10.3 Å². The third-order valence-electron chi connectivity index (χ3n) is 2.57. The van der Waals surface area contributed by atoms with Gasteiger partial charge in [0.15, 0.2) is 0 Å². The van der Waals surface area contributed by atoms with Crippen molar-refractivity contribution in [2.45, 2.75) is 39.2 Å². The molecule has 0 aliphatic heterocycles. The monoisotopic (exact) mass is 250 g/mol. The fourth-order valence-electron chi connectivity index (χ4n) is 1.71. The molecule has 5 nitrogen and oxygen atoms in total. The molecule has 0 saturated carbocycles. The van der Waals surface area contributed by atoms with Gasteiger partial charge in [-0.2, -0.15) is 0 Å². The van der Waals surface area contributed by atoms with Gasteiger partial charge in [-0.3, -0.25) is 9.78 Å². The third-order valence-corrected chi connectivity index (χ3v) is 2.57. The zero-order valence-corrected chi connectivity index (χ0v) is 10.9. The average Bonchev–Trinajstić information content (AvgIpc) is 2.28. The van der Waals surface area contributed by atoms with Crippen molar-refractivity contribution in [3.05, 3.63) is 29.6 Å². The van der Waals surface area contributed by atoms with E-state index in [9.17, 15) is 9.59 Å². The predicted octanol–water partition coefficient (Wildman–Crippen LogP) is 2.09. The van der Waals surface area contributed by atoms with Gasteiger partial charge in [0.25, 0.3) is 5.91 Å². The maximum absolute atomic E-state index is 11.9. The maximum atomic E-state index is 11.9. The molecule has 5 heteroatoms. The van der Waals surface area contributed by atoms with Crippen LogP contribution in [0.4, 0.5) is 0 Å². The molecule has 2 N–H and O–H groups in total. The number of pyridine rings is 1. The van der Waals surface area contributed by atoms with Gasteiger partial charge >= 0.3 is 5.97 Å². The summed E-state index contributed by atoms with van der Waals surface area (Å²) in [6.07, 6.45) is 3.02. The molecule has 1 amide bonds. The Bertz CT molecular complexity index is 438. The largest absolute Gasteiger partial charge is 0.478 e. The maximum Gasteiger partial charge on any atom is 0.337 e. The fourth-order valence-corrected chi connectivity index (χ4v) is 1.71. The lowest BCUT2D eigenvalue weighted by Crippen LogP contribution is -2.43. The van der Waals surface area contributed by atoms with E-state index in [1.54, 1.807) is 0 Å². The smallest absolute Gasteiger partial charge is 0.337 e. The van der Waals surface area contributed by atoms with Gasteiger partial charge < -0.3 is 10.4 Å². The molecule has 0 atom stereocenters. The van der Waals surface area contributed by atoms with Crippen LogP contribution in [0.1, 0.15) is 54.5 Å². The van der Waals surface area contributed by atoms with Crippen molar-refractivity contribution in [3.63, 3.8) is 0 Å². The number of carbonyl (C=O) groups excluding carboxylic acids is 1. The normalized spacial score (nSPS) is 11.1. The van der Waals surface area contributed by atoms with E-state index in [0.717, 1.165) is 12.8 Å². The van der Waals surface area contributed by atoms with E-state index in [4.69, 9.17) is 5.11 Å². The van der Waals surface area contributed by atoms with Gasteiger partial charge in [0.2, 0.25) is 0 Å². The van der Waals surface area contributed by atoms with Crippen molar-refractivity contribution < 1.29 is 14.7 Å². The standard InChI is InChI=1S/C13H18N2O3/c1-4-7-13(2,3)15-11(16)10-6-5-9(8-14-10)12(17)18/h5-6,8H,4,7H2,1-3H3,(H,15,16)(H,17,18). The van der Waals surface area contributed by atoms with Crippen LogP contribution in [-0.2, 0) is 0 Å². The lowest BCUT2D eigenvalue weighted by Gasteiger charge is -2.25. The minimum atomic E-state index is -1.05. The van der Waals surface area contributed by atoms with Crippen LogP contribution in [0.25, 0.3) is 0 Å². The van der Waals surface area contributed by atoms with Crippen LogP contribution in [0.3, 0.4) is 0 Å². The minimum absolute atomic E-state index is 0.0689. The lowest BCUT2D eigenvalue weighted by molar-refractivity contribution is 0.0695. The number of amides is 1. The Kier molecular flexibility index (Phi) is 4.42. The first-order valence-electron chi connectivity index (χ1n) is 5.87. The van der Waals surface area contributed by atoms with Crippen LogP contribution >= 0.6 is 0 Å². The second-order valence-corrected chi connectivity index (χ2v) is 4.83. The molecule has 0 aromatic carbocycles. The van der Waals surface area contributed by atoms with Crippen LogP contribution in [0.15, 0.2) is 18.3 Å². The Morgan fingerprint density at radius 1 is 1.39 bits per heavy atom. The first-order valence-corrected chi connectivity index (χ1v) is 5.87. The van der Waals surface area contributed by atoms with E-state index < -0.39 is 5.97 Å². The molecule has 0 aliphatic carbocycles. The van der Waals surface area contributed by atoms with Gasteiger partial charge in [0.05, 0.1) is 5.56 Å². The van der Waals surface area contributed by atoms with Crippen molar-refractivity contribution in [1.29, 1.82) is 0 Å². The van der Waals surface area contributed by atoms with Crippen LogP contribution in [0.5, 0.6) is 0 Å². The minimum Gasteiger partial charge on any atom is -0.478 e. The molecule has 0 fully saturated rings. The van der Waals surface area contributed by atoms with E-state index in [-0.39, 0.29) is 22.7 Å². The average molecular weight is 250 g/mol. The second-order valence-electron chi connectivity index (χ2n) is 4.83. The van der Waals surface area contributed by atoms with Gasteiger partial charge in [0, 0.05) is 11.7 Å². The quantitative estimate of drug-likeness (QED) is 0.838. The van der Waals surface area contributed by atoms with Crippen LogP contribution in [-0.4, -0.2) is 27.5 Å². The van der Waals surface area contributed by atoms with Crippen molar-refractivity contribution in [3.8, 4) is 0 Å². The fraction of sp³-hybridized carbons (Fsp3) is 0.462. The van der Waals surface area contributed by atoms with E-state index in [0.29, 0.717) is 0 Å². The molecular weight excluding hydrogens is 232 g/mol. The zero-order valence-electron chi connectivity index (χ0n) is 10.9. The van der Waals surface area contributed by atoms with Crippen LogP contribution in [0.2, 0.25) is 0 Å². The van der Waals surface area contributed by atoms with Gasteiger partial charge in [-0.05, 0) is 32.4 Å². The summed E-state index contributed by atoms with van der Waals surface area (Å²) in [5.41, 5.74) is 0.00227. The summed E-state index contributed by atoms with van der Waals surface area (Å²) in [5, 5.41) is 11.6. The number of nitrogens with one attached hydrogen (secondary N) is 1. The molecule has 0 unspecified atom stereocenters. The highest BCUT2D eigenvalue weighted by atomic mass is 16.4. The summed E-state index contributed by atoms with van der Waals surface area (Å²) in [4.78, 5) is 26.4. The van der Waals surface area contributed by atoms with E-state index in [1.165, 1.54) is 18.3 Å². The Morgan fingerprint density at radius 2 is 2.06 bits per heavy atom. The number of aromatic nitrogens is 1. The molecule has 0 bridgehead atoms. The molecular formula is C13H18N2O3. The summed E-state index contributed by atoms with van der Waals surface area (Å²) in [5.74, 6) is -1.34. The molecule has 0 saturated heterocycles. The second kappa shape index (κ2) is 5.62. The number of hydrogen-bond acceptors (Lipinski definition) is 3. The van der Waals surface area contributed by atoms with Crippen molar-refractivity contribution in [2.24, 2.45) is 0 Å². The molecule has 1 heterocycles. The number of carbonyl (C=O) groups is 2. The number of carboxylic acids is 1. The first kappa shape index (κ1) is 14.2. The Hall–Kier alpha value is -1.91. The topological polar surface area (TPSA) is 79.3 Å². The Balaban J connectivity index is 2.76. The third kappa shape index (κ3) is 3.84. The van der Waals surface area contributed by atoms with E-state index >= 15 is 0 Å². The number of nitrogens with zero attached hydrogens (tertiary/aromatic N) is 1. The molecule has 98 valence electrons. The molecule has 1 aromatic heterocycles.